The van der Waals surface area contributed by atoms with Crippen molar-refractivity contribution in [2.75, 3.05) is 6.54 Å². The van der Waals surface area contributed by atoms with Gasteiger partial charge in [-0.05, 0) is 37.0 Å². The Hall–Kier alpha value is -0.570. The van der Waals surface area contributed by atoms with Crippen LogP contribution in [0.2, 0.25) is 0 Å². The van der Waals surface area contributed by atoms with Gasteiger partial charge in [-0.3, -0.25) is 4.79 Å². The minimum absolute atomic E-state index is 0.174. The molecule has 3 fully saturated rings. The summed E-state index contributed by atoms with van der Waals surface area (Å²) in [6.07, 6.45) is 6.08. The van der Waals surface area contributed by atoms with Crippen molar-refractivity contribution in [1.82, 2.24) is 4.90 Å². The molecule has 0 aromatic heterocycles. The van der Waals surface area contributed by atoms with Crippen LogP contribution in [0.5, 0.6) is 0 Å². The Balaban J connectivity index is 1.63. The second-order valence-electron chi connectivity index (χ2n) is 6.14. The van der Waals surface area contributed by atoms with E-state index < -0.39 is 0 Å². The highest BCUT2D eigenvalue weighted by atomic mass is 16.3. The average molecular weight is 237 g/mol. The van der Waals surface area contributed by atoms with Crippen LogP contribution in [0.1, 0.15) is 45.4 Å². The number of fused-ring (bicyclic) bond motifs is 1. The summed E-state index contributed by atoms with van der Waals surface area (Å²) in [5.41, 5.74) is 0. The van der Waals surface area contributed by atoms with Crippen molar-refractivity contribution in [1.29, 1.82) is 0 Å². The number of hydrogen-bond donors (Lipinski definition) is 1. The van der Waals surface area contributed by atoms with E-state index in [1.165, 1.54) is 0 Å². The third kappa shape index (κ3) is 1.70. The zero-order valence-electron chi connectivity index (χ0n) is 10.6. The highest BCUT2D eigenvalue weighted by Gasteiger charge is 2.59. The van der Waals surface area contributed by atoms with E-state index in [2.05, 4.69) is 6.92 Å². The lowest BCUT2D eigenvalue weighted by Gasteiger charge is -2.29. The van der Waals surface area contributed by atoms with Crippen molar-refractivity contribution < 1.29 is 9.90 Å². The van der Waals surface area contributed by atoms with Gasteiger partial charge in [0.2, 0.25) is 5.91 Å². The largest absolute Gasteiger partial charge is 0.391 e. The molecule has 1 saturated heterocycles. The molecule has 2 aliphatic carbocycles. The molecule has 1 heterocycles. The SMILES string of the molecule is CCCCCC(=O)N1CC2CC3CC2C1C3O. The van der Waals surface area contributed by atoms with Crippen LogP contribution < -0.4 is 0 Å². The van der Waals surface area contributed by atoms with Gasteiger partial charge in [0.05, 0.1) is 12.1 Å². The van der Waals surface area contributed by atoms with Gasteiger partial charge in [-0.15, -0.1) is 0 Å². The van der Waals surface area contributed by atoms with Crippen LogP contribution >= 0.6 is 0 Å². The molecule has 5 unspecified atom stereocenters. The minimum Gasteiger partial charge on any atom is -0.391 e. The van der Waals surface area contributed by atoms with E-state index in [4.69, 9.17) is 0 Å². The maximum absolute atomic E-state index is 12.2. The fourth-order valence-electron chi connectivity index (χ4n) is 4.37. The van der Waals surface area contributed by atoms with Crippen LogP contribution in [-0.4, -0.2) is 34.6 Å². The van der Waals surface area contributed by atoms with Crippen LogP contribution in [0.25, 0.3) is 0 Å². The smallest absolute Gasteiger partial charge is 0.222 e. The molecule has 2 saturated carbocycles. The maximum atomic E-state index is 12.2. The van der Waals surface area contributed by atoms with Crippen molar-refractivity contribution in [2.24, 2.45) is 17.8 Å². The fourth-order valence-corrected chi connectivity index (χ4v) is 4.37. The summed E-state index contributed by atoms with van der Waals surface area (Å²) in [5, 5.41) is 10.2. The van der Waals surface area contributed by atoms with E-state index in [1.807, 2.05) is 4.90 Å². The lowest BCUT2D eigenvalue weighted by molar-refractivity contribution is -0.134. The second-order valence-corrected chi connectivity index (χ2v) is 6.14. The van der Waals surface area contributed by atoms with Crippen LogP contribution in [0, 0.1) is 17.8 Å². The Labute approximate surface area is 103 Å². The summed E-state index contributed by atoms with van der Waals surface area (Å²) in [4.78, 5) is 14.2. The summed E-state index contributed by atoms with van der Waals surface area (Å²) in [6, 6.07) is 0.174. The number of rotatable bonds is 4. The van der Waals surface area contributed by atoms with E-state index in [0.717, 1.165) is 38.6 Å². The van der Waals surface area contributed by atoms with Crippen molar-refractivity contribution in [3.05, 3.63) is 0 Å². The van der Waals surface area contributed by atoms with Gasteiger partial charge in [0.15, 0.2) is 0 Å². The lowest BCUT2D eigenvalue weighted by Crippen LogP contribution is -2.43. The monoisotopic (exact) mass is 237 g/mol. The quantitative estimate of drug-likeness (QED) is 0.757. The number of unbranched alkanes of at least 4 members (excludes halogenated alkanes) is 2. The summed E-state index contributed by atoms with van der Waals surface area (Å²) < 4.78 is 0. The second kappa shape index (κ2) is 4.27. The molecule has 3 rings (SSSR count). The highest BCUT2D eigenvalue weighted by Crippen LogP contribution is 2.54. The molecule has 3 aliphatic rings. The molecule has 0 aromatic carbocycles. The zero-order chi connectivity index (χ0) is 12.0. The lowest BCUT2D eigenvalue weighted by atomic mass is 9.88. The average Bonchev–Trinajstić information content (AvgIpc) is 2.89. The summed E-state index contributed by atoms with van der Waals surface area (Å²) in [5.74, 6) is 2.09. The Morgan fingerprint density at radius 3 is 2.82 bits per heavy atom. The van der Waals surface area contributed by atoms with Crippen molar-refractivity contribution in [3.63, 3.8) is 0 Å². The molecular weight excluding hydrogens is 214 g/mol. The standard InChI is InChI=1S/C14H23NO2/c1-2-3-4-5-12(16)15-8-10-6-9-7-11(10)13(15)14(9)17/h9-11,13-14,17H,2-8H2,1H3. The molecule has 0 radical (unpaired) electrons. The van der Waals surface area contributed by atoms with Gasteiger partial charge in [-0.2, -0.15) is 0 Å². The van der Waals surface area contributed by atoms with E-state index >= 15 is 0 Å². The number of carbonyl (C=O) groups is 1. The van der Waals surface area contributed by atoms with Crippen molar-refractivity contribution >= 4 is 5.91 Å². The maximum Gasteiger partial charge on any atom is 0.222 e. The number of nitrogens with zero attached hydrogens (tertiary/aromatic N) is 1. The highest BCUT2D eigenvalue weighted by molar-refractivity contribution is 5.77. The minimum atomic E-state index is -0.228. The number of amides is 1. The van der Waals surface area contributed by atoms with Gasteiger partial charge in [-0.25, -0.2) is 0 Å². The first-order chi connectivity index (χ1) is 8.22. The molecule has 2 bridgehead atoms. The third-order valence-electron chi connectivity index (χ3n) is 5.16. The molecular formula is C14H23NO2. The van der Waals surface area contributed by atoms with Gasteiger partial charge in [0.1, 0.15) is 0 Å². The van der Waals surface area contributed by atoms with Gasteiger partial charge < -0.3 is 10.0 Å². The van der Waals surface area contributed by atoms with Gasteiger partial charge in [0.25, 0.3) is 0 Å². The first-order valence-electron chi connectivity index (χ1n) is 7.20. The Morgan fingerprint density at radius 1 is 1.29 bits per heavy atom. The number of hydrogen-bond acceptors (Lipinski definition) is 2. The number of likely N-dealkylation sites (tertiary alicyclic amines) is 1. The van der Waals surface area contributed by atoms with E-state index in [0.29, 0.717) is 24.2 Å². The van der Waals surface area contributed by atoms with E-state index in [-0.39, 0.29) is 18.1 Å². The first kappa shape index (κ1) is 11.5. The van der Waals surface area contributed by atoms with Crippen LogP contribution in [0.4, 0.5) is 0 Å². The number of carbonyl (C=O) groups excluding carboxylic acids is 1. The predicted octanol–water partition coefficient (Wildman–Crippen LogP) is 1.79. The summed E-state index contributed by atoms with van der Waals surface area (Å²) >= 11 is 0. The predicted molar refractivity (Wildman–Crippen MR) is 65.4 cm³/mol. The summed E-state index contributed by atoms with van der Waals surface area (Å²) in [7, 11) is 0. The van der Waals surface area contributed by atoms with Crippen LogP contribution in [0.15, 0.2) is 0 Å². The van der Waals surface area contributed by atoms with Crippen molar-refractivity contribution in [3.8, 4) is 0 Å². The first-order valence-corrected chi connectivity index (χ1v) is 7.20. The van der Waals surface area contributed by atoms with Gasteiger partial charge in [-0.1, -0.05) is 19.8 Å². The summed E-state index contributed by atoms with van der Waals surface area (Å²) in [6.45, 7) is 3.08. The molecule has 1 aliphatic heterocycles. The number of aliphatic hydroxyl groups is 1. The Kier molecular flexibility index (Phi) is 2.89. The Morgan fingerprint density at radius 2 is 2.12 bits per heavy atom. The molecule has 3 heteroatoms. The molecule has 17 heavy (non-hydrogen) atoms. The van der Waals surface area contributed by atoms with Crippen LogP contribution in [-0.2, 0) is 4.79 Å². The molecule has 3 nitrogen and oxygen atoms in total. The van der Waals surface area contributed by atoms with Crippen LogP contribution in [0.3, 0.4) is 0 Å². The molecule has 5 atom stereocenters. The fraction of sp³-hybridized carbons (Fsp3) is 0.929. The number of aliphatic hydroxyl groups excluding tert-OH is 1. The molecule has 0 spiro atoms. The van der Waals surface area contributed by atoms with Crippen molar-refractivity contribution in [2.45, 2.75) is 57.6 Å². The molecule has 1 N–H and O–H groups in total. The Bertz CT molecular complexity index is 315. The van der Waals surface area contributed by atoms with E-state index in [9.17, 15) is 9.90 Å². The van der Waals surface area contributed by atoms with Gasteiger partial charge in [0, 0.05) is 13.0 Å². The molecule has 1 amide bonds. The van der Waals surface area contributed by atoms with Gasteiger partial charge >= 0.3 is 0 Å². The zero-order valence-corrected chi connectivity index (χ0v) is 10.6. The molecule has 96 valence electrons. The normalized spacial score (nSPS) is 42.5. The topological polar surface area (TPSA) is 40.5 Å². The third-order valence-corrected chi connectivity index (χ3v) is 5.16. The van der Waals surface area contributed by atoms with E-state index in [1.54, 1.807) is 0 Å². The molecule has 0 aromatic rings.